The first kappa shape index (κ1) is 15.0. The van der Waals surface area contributed by atoms with Gasteiger partial charge in [0.2, 0.25) is 5.91 Å². The van der Waals surface area contributed by atoms with E-state index in [1.54, 1.807) is 0 Å². The standard InChI is InChI=1S/C16H24N2O2/c1-3-14-11-18(10-12(2)20-14)16(19)15(9-17)13-7-5-4-6-8-13/h4-8,12,14-15H,3,9-11,17H2,1-2H3/t12-,14-,15-/m1/s1. The van der Waals surface area contributed by atoms with Crippen LogP contribution >= 0.6 is 0 Å². The first-order valence-corrected chi connectivity index (χ1v) is 7.35. The highest BCUT2D eigenvalue weighted by atomic mass is 16.5. The van der Waals surface area contributed by atoms with Crippen LogP contribution in [-0.4, -0.2) is 42.6 Å². The van der Waals surface area contributed by atoms with Crippen LogP contribution in [0.3, 0.4) is 0 Å². The highest BCUT2D eigenvalue weighted by Crippen LogP contribution is 2.21. The van der Waals surface area contributed by atoms with Gasteiger partial charge < -0.3 is 15.4 Å². The number of carbonyl (C=O) groups is 1. The molecular weight excluding hydrogens is 252 g/mol. The van der Waals surface area contributed by atoms with Crippen molar-refractivity contribution in [3.63, 3.8) is 0 Å². The summed E-state index contributed by atoms with van der Waals surface area (Å²) in [6.07, 6.45) is 1.15. The van der Waals surface area contributed by atoms with E-state index in [0.29, 0.717) is 19.6 Å². The molecule has 0 radical (unpaired) electrons. The van der Waals surface area contributed by atoms with Gasteiger partial charge in [-0.15, -0.1) is 0 Å². The summed E-state index contributed by atoms with van der Waals surface area (Å²) in [6, 6.07) is 9.78. The molecule has 0 aliphatic carbocycles. The van der Waals surface area contributed by atoms with E-state index in [1.807, 2.05) is 42.2 Å². The summed E-state index contributed by atoms with van der Waals surface area (Å²) in [5.41, 5.74) is 6.83. The third-order valence-electron chi connectivity index (χ3n) is 3.83. The van der Waals surface area contributed by atoms with Gasteiger partial charge in [-0.2, -0.15) is 0 Å². The molecule has 20 heavy (non-hydrogen) atoms. The summed E-state index contributed by atoms with van der Waals surface area (Å²) in [4.78, 5) is 14.6. The molecule has 1 heterocycles. The van der Waals surface area contributed by atoms with E-state index in [1.165, 1.54) is 0 Å². The van der Waals surface area contributed by atoms with Crippen LogP contribution in [0.15, 0.2) is 30.3 Å². The minimum absolute atomic E-state index is 0.0897. The van der Waals surface area contributed by atoms with Crippen molar-refractivity contribution in [2.75, 3.05) is 19.6 Å². The van der Waals surface area contributed by atoms with Crippen molar-refractivity contribution in [2.24, 2.45) is 5.73 Å². The first-order valence-electron chi connectivity index (χ1n) is 7.35. The van der Waals surface area contributed by atoms with Crippen LogP contribution in [0.25, 0.3) is 0 Å². The lowest BCUT2D eigenvalue weighted by Crippen LogP contribution is -2.51. The first-order chi connectivity index (χ1) is 9.65. The maximum absolute atomic E-state index is 12.7. The summed E-state index contributed by atoms with van der Waals surface area (Å²) in [5.74, 6) is -0.133. The molecule has 0 saturated carbocycles. The Morgan fingerprint density at radius 1 is 1.40 bits per heavy atom. The second-order valence-corrected chi connectivity index (χ2v) is 5.42. The zero-order valence-corrected chi connectivity index (χ0v) is 12.3. The molecule has 0 spiro atoms. The quantitative estimate of drug-likeness (QED) is 0.911. The largest absolute Gasteiger partial charge is 0.372 e. The highest BCUT2D eigenvalue weighted by molar-refractivity contribution is 5.84. The Labute approximate surface area is 120 Å². The zero-order valence-electron chi connectivity index (χ0n) is 12.3. The van der Waals surface area contributed by atoms with Gasteiger partial charge in [-0.25, -0.2) is 0 Å². The van der Waals surface area contributed by atoms with E-state index < -0.39 is 0 Å². The smallest absolute Gasteiger partial charge is 0.231 e. The third-order valence-corrected chi connectivity index (χ3v) is 3.83. The van der Waals surface area contributed by atoms with Crippen molar-refractivity contribution in [3.05, 3.63) is 35.9 Å². The summed E-state index contributed by atoms with van der Waals surface area (Å²) < 4.78 is 5.81. The maximum Gasteiger partial charge on any atom is 0.231 e. The lowest BCUT2D eigenvalue weighted by atomic mass is 9.97. The van der Waals surface area contributed by atoms with E-state index in [2.05, 4.69) is 6.92 Å². The molecule has 2 rings (SSSR count). The number of nitrogens with two attached hydrogens (primary N) is 1. The van der Waals surface area contributed by atoms with Crippen LogP contribution < -0.4 is 5.73 Å². The molecule has 2 N–H and O–H groups in total. The SMILES string of the molecule is CC[C@@H]1CN(C(=O)[C@H](CN)c2ccccc2)C[C@@H](C)O1. The molecule has 0 aromatic heterocycles. The summed E-state index contributed by atoms with van der Waals surface area (Å²) in [6.45, 7) is 5.76. The minimum atomic E-state index is -0.251. The molecule has 1 aliphatic rings. The maximum atomic E-state index is 12.7. The summed E-state index contributed by atoms with van der Waals surface area (Å²) >= 11 is 0. The van der Waals surface area contributed by atoms with E-state index in [0.717, 1.165) is 12.0 Å². The number of hydrogen-bond acceptors (Lipinski definition) is 3. The van der Waals surface area contributed by atoms with Crippen LogP contribution in [0.5, 0.6) is 0 Å². The van der Waals surface area contributed by atoms with Crippen molar-refractivity contribution < 1.29 is 9.53 Å². The molecule has 1 fully saturated rings. The van der Waals surface area contributed by atoms with Gasteiger partial charge in [0.15, 0.2) is 0 Å². The fraction of sp³-hybridized carbons (Fsp3) is 0.562. The van der Waals surface area contributed by atoms with E-state index in [-0.39, 0.29) is 24.0 Å². The van der Waals surface area contributed by atoms with E-state index >= 15 is 0 Å². The number of nitrogens with zero attached hydrogens (tertiary/aromatic N) is 1. The van der Waals surface area contributed by atoms with Crippen molar-refractivity contribution in [1.29, 1.82) is 0 Å². The minimum Gasteiger partial charge on any atom is -0.372 e. The van der Waals surface area contributed by atoms with Gasteiger partial charge in [-0.1, -0.05) is 37.3 Å². The molecule has 1 aromatic rings. The molecule has 1 aliphatic heterocycles. The molecule has 3 atom stereocenters. The fourth-order valence-electron chi connectivity index (χ4n) is 2.74. The van der Waals surface area contributed by atoms with Crippen LogP contribution in [0.1, 0.15) is 31.7 Å². The number of hydrogen-bond donors (Lipinski definition) is 1. The molecule has 0 unspecified atom stereocenters. The summed E-state index contributed by atoms with van der Waals surface area (Å²) in [7, 11) is 0. The molecule has 4 heteroatoms. The Kier molecular flexibility index (Phi) is 5.15. The Morgan fingerprint density at radius 2 is 2.10 bits per heavy atom. The number of rotatable bonds is 4. The van der Waals surface area contributed by atoms with Gasteiger partial charge in [-0.3, -0.25) is 4.79 Å². The van der Waals surface area contributed by atoms with Crippen molar-refractivity contribution in [3.8, 4) is 0 Å². The average Bonchev–Trinajstić information content (AvgIpc) is 2.48. The Bertz CT molecular complexity index is 435. The van der Waals surface area contributed by atoms with E-state index in [4.69, 9.17) is 10.5 Å². The molecule has 1 saturated heterocycles. The molecule has 110 valence electrons. The molecule has 4 nitrogen and oxygen atoms in total. The topological polar surface area (TPSA) is 55.6 Å². The predicted molar refractivity (Wildman–Crippen MR) is 79.4 cm³/mol. The van der Waals surface area contributed by atoms with Crippen molar-refractivity contribution >= 4 is 5.91 Å². The van der Waals surface area contributed by atoms with Crippen LogP contribution in [0.2, 0.25) is 0 Å². The fourth-order valence-corrected chi connectivity index (χ4v) is 2.74. The van der Waals surface area contributed by atoms with Crippen LogP contribution in [0.4, 0.5) is 0 Å². The highest BCUT2D eigenvalue weighted by Gasteiger charge is 2.31. The number of ether oxygens (including phenoxy) is 1. The van der Waals surface area contributed by atoms with Gasteiger partial charge in [0, 0.05) is 19.6 Å². The lowest BCUT2D eigenvalue weighted by molar-refractivity contribution is -0.145. The second-order valence-electron chi connectivity index (χ2n) is 5.42. The number of benzene rings is 1. The third kappa shape index (κ3) is 3.38. The lowest BCUT2D eigenvalue weighted by Gasteiger charge is -2.38. The number of amides is 1. The Balaban J connectivity index is 2.12. The molecular formula is C16H24N2O2. The predicted octanol–water partition coefficient (Wildman–Crippen LogP) is 1.75. The van der Waals surface area contributed by atoms with Gasteiger partial charge in [0.05, 0.1) is 18.1 Å². The number of morpholine rings is 1. The zero-order chi connectivity index (χ0) is 14.5. The van der Waals surface area contributed by atoms with Crippen LogP contribution in [-0.2, 0) is 9.53 Å². The van der Waals surface area contributed by atoms with Gasteiger partial charge >= 0.3 is 0 Å². The summed E-state index contributed by atoms with van der Waals surface area (Å²) in [5, 5.41) is 0. The second kappa shape index (κ2) is 6.86. The average molecular weight is 276 g/mol. The van der Waals surface area contributed by atoms with E-state index in [9.17, 15) is 4.79 Å². The Morgan fingerprint density at radius 3 is 2.70 bits per heavy atom. The van der Waals surface area contributed by atoms with Crippen molar-refractivity contribution in [1.82, 2.24) is 4.90 Å². The van der Waals surface area contributed by atoms with Gasteiger partial charge in [-0.05, 0) is 18.9 Å². The molecule has 0 bridgehead atoms. The van der Waals surface area contributed by atoms with Crippen LogP contribution in [0, 0.1) is 0 Å². The van der Waals surface area contributed by atoms with Gasteiger partial charge in [0.1, 0.15) is 0 Å². The van der Waals surface area contributed by atoms with Crippen molar-refractivity contribution in [2.45, 2.75) is 38.4 Å². The van der Waals surface area contributed by atoms with Gasteiger partial charge in [0.25, 0.3) is 0 Å². The monoisotopic (exact) mass is 276 g/mol. The Hall–Kier alpha value is -1.39. The molecule has 1 amide bonds. The normalized spacial score (nSPS) is 24.4. The number of carbonyl (C=O) groups excluding carboxylic acids is 1. The molecule has 1 aromatic carbocycles.